The van der Waals surface area contributed by atoms with Crippen LogP contribution in [0.3, 0.4) is 0 Å². The van der Waals surface area contributed by atoms with Gasteiger partial charge in [-0.05, 0) is 13.8 Å². The highest BCUT2D eigenvalue weighted by Gasteiger charge is 2.43. The molecule has 1 heterocycles. The lowest BCUT2D eigenvalue weighted by molar-refractivity contribution is -0.149. The fourth-order valence-electron chi connectivity index (χ4n) is 2.08. The van der Waals surface area contributed by atoms with Gasteiger partial charge in [0.1, 0.15) is 6.10 Å². The smallest absolute Gasteiger partial charge is 0.334 e. The van der Waals surface area contributed by atoms with Crippen LogP contribution in [-0.2, 0) is 23.9 Å². The first-order valence-electron chi connectivity index (χ1n) is 7.38. The van der Waals surface area contributed by atoms with Gasteiger partial charge in [-0.25, -0.2) is 9.59 Å². The molecule has 1 unspecified atom stereocenters. The summed E-state index contributed by atoms with van der Waals surface area (Å²) < 4.78 is 5.20. The van der Waals surface area contributed by atoms with Crippen molar-refractivity contribution in [2.24, 2.45) is 0 Å². The first-order chi connectivity index (χ1) is 11.5. The van der Waals surface area contributed by atoms with Crippen molar-refractivity contribution in [1.82, 2.24) is 14.7 Å². The number of hydrogen-bond acceptors (Lipinski definition) is 6. The summed E-state index contributed by atoms with van der Waals surface area (Å²) >= 11 is 0. The summed E-state index contributed by atoms with van der Waals surface area (Å²) in [5.74, 6) is -3.11. The third-order valence-corrected chi connectivity index (χ3v) is 3.45. The topological polar surface area (TPSA) is 104 Å². The van der Waals surface area contributed by atoms with Gasteiger partial charge < -0.3 is 9.64 Å². The van der Waals surface area contributed by atoms with Gasteiger partial charge in [-0.2, -0.15) is 0 Å². The van der Waals surface area contributed by atoms with Crippen molar-refractivity contribution in [1.29, 1.82) is 0 Å². The van der Waals surface area contributed by atoms with E-state index in [-0.39, 0.29) is 30.1 Å². The largest absolute Gasteiger partial charge is 0.455 e. The fourth-order valence-corrected chi connectivity index (χ4v) is 2.08. The molecular formula is C16H21N3O6. The Bertz CT molecular complexity index is 669. The lowest BCUT2D eigenvalue weighted by atomic mass is 10.2. The molecule has 9 heteroatoms. The monoisotopic (exact) mass is 351 g/mol. The number of ether oxygens (including phenoxy) is 1. The number of amides is 5. The molecule has 0 aromatic carbocycles. The Morgan fingerprint density at radius 2 is 1.68 bits per heavy atom. The fraction of sp³-hybridized carbons (Fsp3) is 0.438. The van der Waals surface area contributed by atoms with E-state index in [1.165, 1.54) is 32.8 Å². The van der Waals surface area contributed by atoms with Crippen molar-refractivity contribution in [3.8, 4) is 0 Å². The van der Waals surface area contributed by atoms with E-state index in [1.807, 2.05) is 0 Å². The number of nitrogens with zero attached hydrogens (tertiary/aromatic N) is 3. The van der Waals surface area contributed by atoms with E-state index in [0.717, 1.165) is 0 Å². The summed E-state index contributed by atoms with van der Waals surface area (Å²) in [6.45, 7) is 9.49. The molecule has 1 saturated heterocycles. The number of imide groups is 2. The van der Waals surface area contributed by atoms with Crippen molar-refractivity contribution >= 4 is 29.7 Å². The third kappa shape index (κ3) is 4.52. The van der Waals surface area contributed by atoms with Crippen molar-refractivity contribution in [3.05, 3.63) is 24.3 Å². The van der Waals surface area contributed by atoms with E-state index in [4.69, 9.17) is 4.74 Å². The molecule has 0 radical (unpaired) electrons. The van der Waals surface area contributed by atoms with Crippen LogP contribution in [0.25, 0.3) is 0 Å². The molecule has 1 rings (SSSR count). The SMILES string of the molecule is C=C(C)C(=O)OC(CN(C)C(=O)C(=C)C)CN1C(=O)C(=O)N(C)C1=O. The van der Waals surface area contributed by atoms with Crippen LogP contribution < -0.4 is 0 Å². The second-order valence-electron chi connectivity index (χ2n) is 5.84. The number of esters is 1. The Morgan fingerprint density at radius 1 is 1.12 bits per heavy atom. The van der Waals surface area contributed by atoms with Crippen LogP contribution in [0.2, 0.25) is 0 Å². The molecule has 1 atom stereocenters. The average molecular weight is 351 g/mol. The number of rotatable bonds is 7. The van der Waals surface area contributed by atoms with Crippen LogP contribution in [-0.4, -0.2) is 77.7 Å². The van der Waals surface area contributed by atoms with Gasteiger partial charge in [-0.3, -0.25) is 24.2 Å². The Hall–Kier alpha value is -2.97. The zero-order chi connectivity index (χ0) is 19.5. The number of carbonyl (C=O) groups excluding carboxylic acids is 5. The lowest BCUT2D eigenvalue weighted by Gasteiger charge is -2.26. The lowest BCUT2D eigenvalue weighted by Crippen LogP contribution is -2.45. The minimum absolute atomic E-state index is 0.0975. The van der Waals surface area contributed by atoms with Gasteiger partial charge in [-0.1, -0.05) is 13.2 Å². The van der Waals surface area contributed by atoms with E-state index >= 15 is 0 Å². The van der Waals surface area contributed by atoms with E-state index in [9.17, 15) is 24.0 Å². The van der Waals surface area contributed by atoms with Gasteiger partial charge in [0.25, 0.3) is 0 Å². The minimum Gasteiger partial charge on any atom is -0.455 e. The molecular weight excluding hydrogens is 330 g/mol. The molecule has 1 aliphatic rings. The Balaban J connectivity index is 2.97. The predicted octanol–water partition coefficient (Wildman–Crippen LogP) is -0.0706. The van der Waals surface area contributed by atoms with Gasteiger partial charge in [0, 0.05) is 25.2 Å². The molecule has 0 aliphatic carbocycles. The molecule has 0 spiro atoms. The molecule has 1 aliphatic heterocycles. The zero-order valence-corrected chi connectivity index (χ0v) is 14.7. The molecule has 0 bridgehead atoms. The van der Waals surface area contributed by atoms with Crippen molar-refractivity contribution in [2.75, 3.05) is 27.2 Å². The second kappa shape index (κ2) is 7.73. The van der Waals surface area contributed by atoms with E-state index < -0.39 is 29.9 Å². The van der Waals surface area contributed by atoms with Crippen LogP contribution >= 0.6 is 0 Å². The maximum atomic E-state index is 12.0. The summed E-state index contributed by atoms with van der Waals surface area (Å²) in [6, 6.07) is -0.819. The molecule has 1 fully saturated rings. The number of urea groups is 1. The van der Waals surface area contributed by atoms with Crippen LogP contribution in [0, 0.1) is 0 Å². The maximum Gasteiger partial charge on any atom is 0.334 e. The van der Waals surface area contributed by atoms with Crippen LogP contribution in [0.15, 0.2) is 24.3 Å². The molecule has 5 amide bonds. The van der Waals surface area contributed by atoms with Crippen LogP contribution in [0.1, 0.15) is 13.8 Å². The van der Waals surface area contributed by atoms with E-state index in [2.05, 4.69) is 13.2 Å². The average Bonchev–Trinajstić information content (AvgIpc) is 2.71. The third-order valence-electron chi connectivity index (χ3n) is 3.45. The maximum absolute atomic E-state index is 12.0. The molecule has 0 N–H and O–H groups in total. The number of carbonyl (C=O) groups is 5. The van der Waals surface area contributed by atoms with Crippen LogP contribution in [0.4, 0.5) is 4.79 Å². The van der Waals surface area contributed by atoms with E-state index in [1.54, 1.807) is 0 Å². The second-order valence-corrected chi connectivity index (χ2v) is 5.84. The Morgan fingerprint density at radius 3 is 2.08 bits per heavy atom. The summed E-state index contributed by atoms with van der Waals surface area (Å²) in [4.78, 5) is 61.7. The highest BCUT2D eigenvalue weighted by Crippen LogP contribution is 2.13. The molecule has 0 aromatic heterocycles. The van der Waals surface area contributed by atoms with Crippen LogP contribution in [0.5, 0.6) is 0 Å². The zero-order valence-electron chi connectivity index (χ0n) is 14.7. The van der Waals surface area contributed by atoms with Crippen molar-refractivity contribution in [2.45, 2.75) is 20.0 Å². The quantitative estimate of drug-likeness (QED) is 0.275. The van der Waals surface area contributed by atoms with Crippen molar-refractivity contribution < 1.29 is 28.7 Å². The summed E-state index contributed by atoms with van der Waals surface area (Å²) in [7, 11) is 2.64. The van der Waals surface area contributed by atoms with Crippen molar-refractivity contribution in [3.63, 3.8) is 0 Å². The molecule has 0 aromatic rings. The number of likely N-dealkylation sites (N-methyl/N-ethyl adjacent to an activating group) is 2. The standard InChI is InChI=1S/C16H21N3O6/c1-9(2)12(20)17(5)7-11(25-15(23)10(3)4)8-19-14(22)13(21)18(6)16(19)24/h11H,1,3,7-8H2,2,4-6H3. The summed E-state index contributed by atoms with van der Waals surface area (Å²) in [6.07, 6.45) is -1.02. The van der Waals surface area contributed by atoms with E-state index in [0.29, 0.717) is 9.80 Å². The first-order valence-corrected chi connectivity index (χ1v) is 7.38. The van der Waals surface area contributed by atoms with Gasteiger partial charge in [-0.15, -0.1) is 0 Å². The highest BCUT2D eigenvalue weighted by atomic mass is 16.5. The molecule has 136 valence electrons. The van der Waals surface area contributed by atoms with Gasteiger partial charge >= 0.3 is 23.8 Å². The normalized spacial score (nSPS) is 15.3. The Labute approximate surface area is 145 Å². The highest BCUT2D eigenvalue weighted by molar-refractivity contribution is 6.44. The Kier molecular flexibility index (Phi) is 6.21. The van der Waals surface area contributed by atoms with Gasteiger partial charge in [0.2, 0.25) is 5.91 Å². The summed E-state index contributed by atoms with van der Waals surface area (Å²) in [5.41, 5.74) is 0.391. The molecule has 0 saturated carbocycles. The minimum atomic E-state index is -1.02. The van der Waals surface area contributed by atoms with Gasteiger partial charge in [0.15, 0.2) is 0 Å². The predicted molar refractivity (Wildman–Crippen MR) is 87.0 cm³/mol. The van der Waals surface area contributed by atoms with Gasteiger partial charge in [0.05, 0.1) is 13.1 Å². The molecule has 9 nitrogen and oxygen atoms in total. The number of hydrogen-bond donors (Lipinski definition) is 0. The first kappa shape index (κ1) is 20.1. The summed E-state index contributed by atoms with van der Waals surface area (Å²) in [5, 5.41) is 0. The molecule has 25 heavy (non-hydrogen) atoms.